The van der Waals surface area contributed by atoms with Gasteiger partial charge in [-0.05, 0) is 65.9 Å². The molecule has 0 aromatic heterocycles. The summed E-state index contributed by atoms with van der Waals surface area (Å²) < 4.78 is 0. The molecule has 0 N–H and O–H groups in total. The smallest absolute Gasteiger partial charge is 0.0221 e. The van der Waals surface area contributed by atoms with Crippen LogP contribution in [0.5, 0.6) is 0 Å². The van der Waals surface area contributed by atoms with Gasteiger partial charge in [-0.1, -0.05) is 136 Å². The molecular formula is C33H51P. The zero-order valence-electron chi connectivity index (χ0n) is 23.0. The first-order valence-electron chi connectivity index (χ1n) is 14.6. The van der Waals surface area contributed by atoms with Crippen molar-refractivity contribution in [3.05, 3.63) is 59.2 Å². The molecule has 2 atom stereocenters. The predicted molar refractivity (Wildman–Crippen MR) is 154 cm³/mol. The van der Waals surface area contributed by atoms with Crippen molar-refractivity contribution in [2.24, 2.45) is 11.8 Å². The number of hydrogen-bond acceptors (Lipinski definition) is 0. The van der Waals surface area contributed by atoms with Gasteiger partial charge >= 0.3 is 0 Å². The number of benzene rings is 1. The minimum absolute atomic E-state index is 0.101. The molecule has 0 spiro atoms. The average molecular weight is 479 g/mol. The van der Waals surface area contributed by atoms with Gasteiger partial charge in [0.2, 0.25) is 0 Å². The van der Waals surface area contributed by atoms with Crippen LogP contribution >= 0.6 is 7.92 Å². The molecule has 2 fully saturated rings. The molecule has 2 saturated carbocycles. The van der Waals surface area contributed by atoms with Gasteiger partial charge in [0.15, 0.2) is 0 Å². The van der Waals surface area contributed by atoms with Crippen LogP contribution in [-0.4, -0.2) is 16.5 Å². The summed E-state index contributed by atoms with van der Waals surface area (Å²) in [5.74, 6) is 2.38. The Morgan fingerprint density at radius 1 is 0.706 bits per heavy atom. The van der Waals surface area contributed by atoms with Gasteiger partial charge in [0.25, 0.3) is 0 Å². The molecule has 2 unspecified atom stereocenters. The van der Waals surface area contributed by atoms with Gasteiger partial charge in [0, 0.05) is 11.1 Å². The molecule has 0 amide bonds. The molecule has 0 saturated heterocycles. The Morgan fingerprint density at radius 2 is 1.24 bits per heavy atom. The minimum atomic E-state index is -0.101. The number of allylic oxidation sites excluding steroid dienone is 4. The second-order valence-corrected chi connectivity index (χ2v) is 15.5. The molecule has 0 bridgehead atoms. The molecule has 1 aromatic carbocycles. The predicted octanol–water partition coefficient (Wildman–Crippen LogP) is 10.6. The van der Waals surface area contributed by atoms with Crippen molar-refractivity contribution in [3.8, 4) is 0 Å². The van der Waals surface area contributed by atoms with Crippen LogP contribution in [-0.2, 0) is 0 Å². The zero-order valence-corrected chi connectivity index (χ0v) is 23.9. The van der Waals surface area contributed by atoms with Crippen LogP contribution in [0, 0.1) is 11.8 Å². The van der Waals surface area contributed by atoms with Gasteiger partial charge in [0.05, 0.1) is 0 Å². The second kappa shape index (κ2) is 11.5. The molecule has 188 valence electrons. The van der Waals surface area contributed by atoms with Crippen molar-refractivity contribution in [2.45, 2.75) is 134 Å². The van der Waals surface area contributed by atoms with E-state index in [2.05, 4.69) is 84.0 Å². The summed E-state index contributed by atoms with van der Waals surface area (Å²) in [7, 11) is -0.101. The fraction of sp³-hybridized carbons (Fsp3) is 0.697. The lowest BCUT2D eigenvalue weighted by Gasteiger charge is -2.57. The molecule has 0 nitrogen and oxygen atoms in total. The Morgan fingerprint density at radius 3 is 1.68 bits per heavy atom. The van der Waals surface area contributed by atoms with E-state index in [1.165, 1.54) is 69.8 Å². The van der Waals surface area contributed by atoms with E-state index >= 15 is 0 Å². The van der Waals surface area contributed by atoms with Crippen LogP contribution in [0.25, 0.3) is 0 Å². The average Bonchev–Trinajstić information content (AvgIpc) is 2.85. The van der Waals surface area contributed by atoms with E-state index in [1.807, 2.05) is 0 Å². The number of hydrogen-bond donors (Lipinski definition) is 0. The summed E-state index contributed by atoms with van der Waals surface area (Å²) in [5, 5.41) is 0.285. The Balaban J connectivity index is 1.87. The van der Waals surface area contributed by atoms with Gasteiger partial charge in [0.1, 0.15) is 0 Å². The molecular weight excluding hydrogens is 427 g/mol. The molecule has 4 rings (SSSR count). The van der Waals surface area contributed by atoms with Crippen molar-refractivity contribution < 1.29 is 0 Å². The van der Waals surface area contributed by atoms with Gasteiger partial charge in [-0.25, -0.2) is 0 Å². The molecule has 1 heteroatoms. The van der Waals surface area contributed by atoms with Crippen molar-refractivity contribution in [1.82, 2.24) is 0 Å². The minimum Gasteiger partial charge on any atom is -0.0888 e. The number of rotatable bonds is 7. The Hall–Kier alpha value is -0.870. The lowest BCUT2D eigenvalue weighted by molar-refractivity contribution is 0.404. The molecule has 0 heterocycles. The largest absolute Gasteiger partial charge is 0.0888 e. The van der Waals surface area contributed by atoms with Gasteiger partial charge in [-0.2, -0.15) is 0 Å². The Labute approximate surface area is 212 Å². The Bertz CT molecular complexity index is 812. The molecule has 0 radical (unpaired) electrons. The van der Waals surface area contributed by atoms with Gasteiger partial charge < -0.3 is 0 Å². The highest BCUT2D eigenvalue weighted by Crippen LogP contribution is 2.72. The third-order valence-corrected chi connectivity index (χ3v) is 13.8. The van der Waals surface area contributed by atoms with Crippen LogP contribution in [0.2, 0.25) is 0 Å². The van der Waals surface area contributed by atoms with Crippen LogP contribution in [0.3, 0.4) is 0 Å². The summed E-state index contributed by atoms with van der Waals surface area (Å²) in [6.07, 6.45) is 22.5. The van der Waals surface area contributed by atoms with E-state index in [0.717, 1.165) is 11.3 Å². The maximum Gasteiger partial charge on any atom is 0.0221 e. The van der Waals surface area contributed by atoms with Crippen molar-refractivity contribution >= 4 is 7.92 Å². The van der Waals surface area contributed by atoms with E-state index in [4.69, 9.17) is 0 Å². The highest BCUT2D eigenvalue weighted by molar-refractivity contribution is 7.61. The molecule has 3 aliphatic rings. The summed E-state index contributed by atoms with van der Waals surface area (Å²) in [5.41, 5.74) is 6.67. The molecule has 0 aliphatic heterocycles. The normalized spacial score (nSPS) is 27.2. The van der Waals surface area contributed by atoms with Gasteiger partial charge in [-0.3, -0.25) is 0 Å². The van der Waals surface area contributed by atoms with E-state index in [-0.39, 0.29) is 13.1 Å². The lowest BCUT2D eigenvalue weighted by atomic mass is 9.69. The van der Waals surface area contributed by atoms with E-state index in [1.54, 1.807) is 11.1 Å². The first-order valence-corrected chi connectivity index (χ1v) is 16.1. The van der Waals surface area contributed by atoms with Crippen molar-refractivity contribution in [1.29, 1.82) is 0 Å². The standard InChI is InChI=1S/C33H51P/c1-24(2)27-19-21-28(22-20-27)32-31(25(3)4)18-13-23-33(32,26(5)6)34(29-14-9-7-10-15-29)30-16-11-8-12-17-30/h13,18-26,29-30,32H,7-12,14-17H2,1-6H3. The summed E-state index contributed by atoms with van der Waals surface area (Å²) in [6.45, 7) is 14.7. The molecule has 34 heavy (non-hydrogen) atoms. The van der Waals surface area contributed by atoms with Crippen molar-refractivity contribution in [3.63, 3.8) is 0 Å². The molecule has 3 aliphatic carbocycles. The van der Waals surface area contributed by atoms with Crippen molar-refractivity contribution in [2.75, 3.05) is 0 Å². The zero-order chi connectivity index (χ0) is 24.3. The lowest BCUT2D eigenvalue weighted by Crippen LogP contribution is -2.46. The van der Waals surface area contributed by atoms with E-state index < -0.39 is 0 Å². The quantitative estimate of drug-likeness (QED) is 0.342. The van der Waals surface area contributed by atoms with Crippen LogP contribution in [0.1, 0.15) is 129 Å². The molecule has 1 aromatic rings. The van der Waals surface area contributed by atoms with Gasteiger partial charge in [-0.15, -0.1) is 0 Å². The fourth-order valence-electron chi connectivity index (χ4n) is 7.54. The first kappa shape index (κ1) is 26.2. The third kappa shape index (κ3) is 5.14. The van der Waals surface area contributed by atoms with Crippen LogP contribution in [0.15, 0.2) is 48.1 Å². The third-order valence-electron chi connectivity index (χ3n) is 9.36. The van der Waals surface area contributed by atoms with Crippen LogP contribution < -0.4 is 0 Å². The second-order valence-electron chi connectivity index (χ2n) is 12.5. The maximum atomic E-state index is 2.76. The SMILES string of the molecule is CC(C)C1=CC=CC(C(C)C)(P(C2CCCCC2)C2CCCCC2)C1c1ccc(C(C)C)cc1. The van der Waals surface area contributed by atoms with Crippen LogP contribution in [0.4, 0.5) is 0 Å². The maximum absolute atomic E-state index is 2.76. The first-order chi connectivity index (χ1) is 16.4. The monoisotopic (exact) mass is 478 g/mol. The van der Waals surface area contributed by atoms with E-state index in [0.29, 0.717) is 23.7 Å². The highest BCUT2D eigenvalue weighted by atomic mass is 31.1. The summed E-state index contributed by atoms with van der Waals surface area (Å²) >= 11 is 0. The highest BCUT2D eigenvalue weighted by Gasteiger charge is 2.53. The van der Waals surface area contributed by atoms with E-state index in [9.17, 15) is 0 Å². The fourth-order valence-corrected chi connectivity index (χ4v) is 12.7. The Kier molecular flexibility index (Phi) is 8.83. The topological polar surface area (TPSA) is 0 Å². The summed E-state index contributed by atoms with van der Waals surface area (Å²) in [6, 6.07) is 9.90. The summed E-state index contributed by atoms with van der Waals surface area (Å²) in [4.78, 5) is 0.